The Kier molecular flexibility index (Phi) is 5.23. The predicted molar refractivity (Wildman–Crippen MR) is 118 cm³/mol. The van der Waals surface area contributed by atoms with Crippen LogP contribution in [0.3, 0.4) is 0 Å². The summed E-state index contributed by atoms with van der Waals surface area (Å²) < 4.78 is 5.61. The van der Waals surface area contributed by atoms with E-state index in [4.69, 9.17) is 4.42 Å². The Bertz CT molecular complexity index is 1150. The van der Waals surface area contributed by atoms with Crippen LogP contribution in [0.5, 0.6) is 0 Å². The lowest BCUT2D eigenvalue weighted by Gasteiger charge is -2.31. The summed E-state index contributed by atoms with van der Waals surface area (Å²) in [7, 11) is 0. The molecule has 0 fully saturated rings. The number of anilines is 2. The number of hydrogen-bond donors (Lipinski definition) is 2. The average molecular weight is 401 g/mol. The maximum Gasteiger partial charge on any atom is 0.359 e. The normalized spacial score (nSPS) is 16.0. The first-order chi connectivity index (χ1) is 14.4. The van der Waals surface area contributed by atoms with Crippen LogP contribution in [-0.2, 0) is 6.42 Å². The number of rotatable bonds is 4. The minimum atomic E-state index is -0.564. The van der Waals surface area contributed by atoms with Gasteiger partial charge in [-0.3, -0.25) is 10.2 Å². The summed E-state index contributed by atoms with van der Waals surface area (Å²) in [6.07, 6.45) is 1.33. The van der Waals surface area contributed by atoms with E-state index >= 15 is 0 Å². The van der Waals surface area contributed by atoms with E-state index < -0.39 is 5.63 Å². The van der Waals surface area contributed by atoms with Gasteiger partial charge < -0.3 is 9.73 Å². The van der Waals surface area contributed by atoms with Crippen molar-refractivity contribution >= 4 is 23.0 Å². The molecule has 152 valence electrons. The van der Waals surface area contributed by atoms with Gasteiger partial charge in [-0.2, -0.15) is 5.10 Å². The van der Waals surface area contributed by atoms with Gasteiger partial charge in [0.2, 0.25) is 0 Å². The molecule has 6 nitrogen and oxygen atoms in total. The minimum absolute atomic E-state index is 0.102. The summed E-state index contributed by atoms with van der Waals surface area (Å²) in [5.74, 6) is 0.225. The zero-order valence-electron chi connectivity index (χ0n) is 16.9. The Morgan fingerprint density at radius 3 is 2.37 bits per heavy atom. The fourth-order valence-corrected chi connectivity index (χ4v) is 3.54. The number of carbonyl (C=O) groups excluding carboxylic acids is 1. The molecule has 0 spiro atoms. The van der Waals surface area contributed by atoms with Crippen molar-refractivity contribution in [1.82, 2.24) is 0 Å². The maximum absolute atomic E-state index is 12.5. The SMILES string of the molecule is CC1(C)C/C(=N\Nc2ccccc2)c2cc(NC(=O)c3ccccc3)c(=O)oc2C1. The standard InChI is InChI=1S/C24H23N3O3/c1-24(2)14-20(27-26-17-11-7-4-8-12-17)18-13-19(23(29)30-21(18)15-24)25-22(28)16-9-5-3-6-10-16/h3-13,26H,14-15H2,1-2H3,(H,25,28)/b27-20+. The molecule has 1 aliphatic rings. The molecule has 0 radical (unpaired) electrons. The molecule has 0 unspecified atom stereocenters. The zero-order valence-corrected chi connectivity index (χ0v) is 16.9. The lowest BCUT2D eigenvalue weighted by molar-refractivity contribution is 0.102. The van der Waals surface area contributed by atoms with Crippen LogP contribution in [0.2, 0.25) is 0 Å². The van der Waals surface area contributed by atoms with E-state index in [1.807, 2.05) is 36.4 Å². The summed E-state index contributed by atoms with van der Waals surface area (Å²) in [6, 6.07) is 20.1. The topological polar surface area (TPSA) is 83.7 Å². The third-order valence-corrected chi connectivity index (χ3v) is 5.00. The molecule has 3 aromatic rings. The Balaban J connectivity index is 1.68. The Morgan fingerprint density at radius 1 is 1.00 bits per heavy atom. The van der Waals surface area contributed by atoms with E-state index in [1.165, 1.54) is 0 Å². The van der Waals surface area contributed by atoms with Gasteiger partial charge in [0.25, 0.3) is 5.91 Å². The second kappa shape index (κ2) is 7.99. The molecular weight excluding hydrogens is 378 g/mol. The third-order valence-electron chi connectivity index (χ3n) is 5.00. The van der Waals surface area contributed by atoms with Gasteiger partial charge in [-0.05, 0) is 42.2 Å². The van der Waals surface area contributed by atoms with Gasteiger partial charge in [0.05, 0.1) is 11.4 Å². The highest BCUT2D eigenvalue weighted by Crippen LogP contribution is 2.35. The zero-order chi connectivity index (χ0) is 21.1. The van der Waals surface area contributed by atoms with Gasteiger partial charge in [-0.15, -0.1) is 0 Å². The molecule has 0 bridgehead atoms. The lowest BCUT2D eigenvalue weighted by Crippen LogP contribution is -2.30. The fraction of sp³-hybridized carbons (Fsp3) is 0.208. The van der Waals surface area contributed by atoms with E-state index in [9.17, 15) is 9.59 Å². The van der Waals surface area contributed by atoms with Crippen LogP contribution in [0.25, 0.3) is 0 Å². The first kappa shape index (κ1) is 19.6. The van der Waals surface area contributed by atoms with E-state index in [1.54, 1.807) is 30.3 Å². The number of fused-ring (bicyclic) bond motifs is 1. The van der Waals surface area contributed by atoms with E-state index in [2.05, 4.69) is 29.7 Å². The number of para-hydroxylation sites is 1. The molecule has 0 aliphatic heterocycles. The van der Waals surface area contributed by atoms with Gasteiger partial charge >= 0.3 is 5.63 Å². The molecule has 1 amide bonds. The van der Waals surface area contributed by atoms with Crippen molar-refractivity contribution in [2.45, 2.75) is 26.7 Å². The molecule has 30 heavy (non-hydrogen) atoms. The molecule has 1 heterocycles. The van der Waals surface area contributed by atoms with Gasteiger partial charge in [-0.1, -0.05) is 50.2 Å². The van der Waals surface area contributed by atoms with E-state index in [-0.39, 0.29) is 17.0 Å². The van der Waals surface area contributed by atoms with Crippen molar-refractivity contribution < 1.29 is 9.21 Å². The molecule has 0 saturated heterocycles. The van der Waals surface area contributed by atoms with Crippen LogP contribution in [0, 0.1) is 5.41 Å². The van der Waals surface area contributed by atoms with E-state index in [0.717, 1.165) is 17.0 Å². The van der Waals surface area contributed by atoms with Crippen molar-refractivity contribution in [3.63, 3.8) is 0 Å². The van der Waals surface area contributed by atoms with Crippen LogP contribution in [0.4, 0.5) is 11.4 Å². The Labute approximate surface area is 174 Å². The average Bonchev–Trinajstić information content (AvgIpc) is 2.73. The molecule has 1 aromatic heterocycles. The molecular formula is C24H23N3O3. The van der Waals surface area contributed by atoms with Crippen LogP contribution >= 0.6 is 0 Å². The second-order valence-electron chi connectivity index (χ2n) is 8.16. The molecule has 0 saturated carbocycles. The van der Waals surface area contributed by atoms with Crippen LogP contribution in [0.15, 0.2) is 81.0 Å². The van der Waals surface area contributed by atoms with Crippen LogP contribution in [-0.4, -0.2) is 11.6 Å². The smallest absolute Gasteiger partial charge is 0.359 e. The third kappa shape index (κ3) is 4.33. The van der Waals surface area contributed by atoms with Gasteiger partial charge in [0.15, 0.2) is 0 Å². The maximum atomic E-state index is 12.5. The van der Waals surface area contributed by atoms with Gasteiger partial charge in [-0.25, -0.2) is 4.79 Å². The highest BCUT2D eigenvalue weighted by Gasteiger charge is 2.32. The summed E-state index contributed by atoms with van der Waals surface area (Å²) in [6.45, 7) is 4.22. The van der Waals surface area contributed by atoms with Crippen molar-refractivity contribution in [2.75, 3.05) is 10.7 Å². The monoisotopic (exact) mass is 401 g/mol. The summed E-state index contributed by atoms with van der Waals surface area (Å²) in [5, 5.41) is 7.26. The van der Waals surface area contributed by atoms with Crippen LogP contribution in [0.1, 0.15) is 41.9 Å². The molecule has 0 atom stereocenters. The number of carbonyl (C=O) groups is 1. The second-order valence-corrected chi connectivity index (χ2v) is 8.16. The minimum Gasteiger partial charge on any atom is -0.426 e. The number of hydrazone groups is 1. The molecule has 1 aliphatic carbocycles. The van der Waals surface area contributed by atoms with Gasteiger partial charge in [0, 0.05) is 17.5 Å². The Morgan fingerprint density at radius 2 is 1.67 bits per heavy atom. The summed E-state index contributed by atoms with van der Waals surface area (Å²) in [4.78, 5) is 25.0. The fourth-order valence-electron chi connectivity index (χ4n) is 3.54. The molecule has 2 N–H and O–H groups in total. The van der Waals surface area contributed by atoms with Crippen LogP contribution < -0.4 is 16.4 Å². The first-order valence-electron chi connectivity index (χ1n) is 9.83. The number of benzene rings is 2. The van der Waals surface area contributed by atoms with E-state index in [0.29, 0.717) is 24.2 Å². The number of amides is 1. The van der Waals surface area contributed by atoms with Crippen molar-refractivity contribution in [2.24, 2.45) is 10.5 Å². The summed E-state index contributed by atoms with van der Waals surface area (Å²) >= 11 is 0. The molecule has 6 heteroatoms. The largest absolute Gasteiger partial charge is 0.426 e. The quantitative estimate of drug-likeness (QED) is 0.622. The van der Waals surface area contributed by atoms with Crippen molar-refractivity contribution in [3.8, 4) is 0 Å². The predicted octanol–water partition coefficient (Wildman–Crippen LogP) is 4.68. The van der Waals surface area contributed by atoms with Gasteiger partial charge in [0.1, 0.15) is 11.4 Å². The highest BCUT2D eigenvalue weighted by atomic mass is 16.4. The lowest BCUT2D eigenvalue weighted by atomic mass is 9.76. The Hall–Kier alpha value is -3.67. The number of hydrogen-bond acceptors (Lipinski definition) is 5. The summed E-state index contributed by atoms with van der Waals surface area (Å²) in [5.41, 5.74) is 5.37. The molecule has 4 rings (SSSR count). The number of nitrogens with zero attached hydrogens (tertiary/aromatic N) is 1. The van der Waals surface area contributed by atoms with Crippen molar-refractivity contribution in [3.05, 3.63) is 94.0 Å². The first-order valence-corrected chi connectivity index (χ1v) is 9.83. The highest BCUT2D eigenvalue weighted by molar-refractivity contribution is 6.06. The number of nitrogens with one attached hydrogen (secondary N) is 2. The van der Waals surface area contributed by atoms with Crippen molar-refractivity contribution in [1.29, 1.82) is 0 Å². The molecule has 2 aromatic carbocycles.